The topological polar surface area (TPSA) is 72.9 Å². The molecule has 0 radical (unpaired) electrons. The highest BCUT2D eigenvalue weighted by atomic mass is 31.2. The Kier molecular flexibility index (Phi) is 16.0. The van der Waals surface area contributed by atoms with Gasteiger partial charge in [0.25, 0.3) is 0 Å². The number of para-hydroxylation sites is 8. The summed E-state index contributed by atoms with van der Waals surface area (Å²) in [7, 11) is -6.74. The highest BCUT2D eigenvalue weighted by Crippen LogP contribution is 2.58. The summed E-state index contributed by atoms with van der Waals surface area (Å²) in [5.41, 5.74) is 22.4. The van der Waals surface area contributed by atoms with Gasteiger partial charge in [0.2, 0.25) is 0 Å². The van der Waals surface area contributed by atoms with Gasteiger partial charge in [0.15, 0.2) is 14.3 Å². The molecule has 18 rings (SSSR count). The third-order valence-electron chi connectivity index (χ3n) is 22.4. The van der Waals surface area contributed by atoms with E-state index in [0.29, 0.717) is 10.6 Å². The van der Waals surface area contributed by atoms with Gasteiger partial charge in [-0.3, -0.25) is 9.97 Å². The lowest BCUT2D eigenvalue weighted by Gasteiger charge is -2.44. The fourth-order valence-electron chi connectivity index (χ4n) is 17.0. The summed E-state index contributed by atoms with van der Waals surface area (Å²) in [6.07, 6.45) is 7.00. The first kappa shape index (κ1) is 65.9. The van der Waals surface area contributed by atoms with Crippen molar-refractivity contribution in [2.75, 3.05) is 19.6 Å². The molecule has 12 aromatic carbocycles. The van der Waals surface area contributed by atoms with Crippen LogP contribution >= 0.6 is 14.3 Å². The SMILES string of the molecule is CC1(C)c2ccccc2N(c2cc(N3c4ccccc4C(C)(C)c4ccccc43)cc(P(=O)(c3ccccc3)c3cccnc3)c2)c2ccccc21.CC1(C)c2ccccc2N(c2ccc(P(=O)(c3ccc(N4c5ccccc5C(C)(C)c5ccccc54)cc3)c3cccnc3)cc2)c2ccccc21. The largest absolute Gasteiger partial charge is 0.310 e. The predicted molar refractivity (Wildman–Crippen MR) is 435 cm³/mol. The van der Waals surface area contributed by atoms with E-state index in [0.717, 1.165) is 89.5 Å². The van der Waals surface area contributed by atoms with Crippen molar-refractivity contribution in [1.29, 1.82) is 0 Å². The van der Waals surface area contributed by atoms with Crippen molar-refractivity contribution in [2.24, 2.45) is 0 Å². The maximum absolute atomic E-state index is 16.2. The van der Waals surface area contributed by atoms with Crippen molar-refractivity contribution in [3.05, 3.63) is 385 Å². The number of aromatic nitrogens is 2. The average molecular weight is 1390 g/mol. The predicted octanol–water partition coefficient (Wildman–Crippen LogP) is 21.9. The Hall–Kier alpha value is -11.4. The molecule has 0 saturated carbocycles. The second-order valence-corrected chi connectivity index (χ2v) is 35.2. The smallest absolute Gasteiger partial charge is 0.172 e. The van der Waals surface area contributed by atoms with Crippen molar-refractivity contribution in [2.45, 2.75) is 77.0 Å². The fraction of sp³-hybridized carbons (Fsp3) is 0.128. The van der Waals surface area contributed by atoms with Crippen LogP contribution in [-0.2, 0) is 30.8 Å². The maximum atomic E-state index is 16.2. The first-order valence-corrected chi connectivity index (χ1v) is 39.2. The van der Waals surface area contributed by atoms with Crippen LogP contribution in [0.4, 0.5) is 68.2 Å². The summed E-state index contributed by atoms with van der Waals surface area (Å²) in [5.74, 6) is 0. The molecule has 508 valence electrons. The summed E-state index contributed by atoms with van der Waals surface area (Å²) < 4.78 is 31.9. The van der Waals surface area contributed by atoms with E-state index in [1.807, 2.05) is 78.9 Å². The van der Waals surface area contributed by atoms with Gasteiger partial charge < -0.3 is 28.7 Å². The molecule has 2 aromatic heterocycles. The Labute approximate surface area is 611 Å². The minimum atomic E-state index is -3.44. The molecule has 1 atom stereocenters. The van der Waals surface area contributed by atoms with E-state index >= 15 is 9.13 Å². The minimum Gasteiger partial charge on any atom is -0.310 e. The Bertz CT molecular complexity index is 5220. The molecular weight excluding hydrogens is 1310 g/mol. The quantitative estimate of drug-likeness (QED) is 0.125. The molecule has 4 aliphatic rings. The van der Waals surface area contributed by atoms with E-state index in [9.17, 15) is 0 Å². The standard InChI is InChI=1S/2C47H40N3OP/c1-46(2)38-15-5-9-19-42(38)49(43-20-10-6-16-39(43)46)33-23-27-35(28-24-33)52(51,37-14-13-31-48-32-37)36-29-25-34(26-30-36)50-44-21-11-7-17-40(44)47(3,4)41-18-8-12-22-45(41)50;1-46(2)38-20-8-12-24-42(38)49(43-25-13-9-21-39(43)46)33-29-34(50-44-26-14-10-22-40(44)47(3,4)41-23-11-15-27-45(41)50)31-37(30-33)52(51,35-17-6-5-7-18-35)36-19-16-28-48-32-36/h2*5-32H,1-4H3. The lowest BCUT2D eigenvalue weighted by molar-refractivity contribution is 0.591. The molecule has 10 heteroatoms. The van der Waals surface area contributed by atoms with E-state index < -0.39 is 14.3 Å². The lowest BCUT2D eigenvalue weighted by atomic mass is 9.73. The third kappa shape index (κ3) is 10.4. The molecule has 0 spiro atoms. The number of nitrogens with zero attached hydrogens (tertiary/aromatic N) is 6. The van der Waals surface area contributed by atoms with Gasteiger partial charge >= 0.3 is 0 Å². The van der Waals surface area contributed by atoms with Gasteiger partial charge in [-0.25, -0.2) is 0 Å². The first-order chi connectivity index (χ1) is 50.4. The van der Waals surface area contributed by atoms with Crippen molar-refractivity contribution in [3.8, 4) is 0 Å². The van der Waals surface area contributed by atoms with Crippen molar-refractivity contribution in [3.63, 3.8) is 0 Å². The van der Waals surface area contributed by atoms with E-state index in [-0.39, 0.29) is 21.7 Å². The van der Waals surface area contributed by atoms with Gasteiger partial charge in [-0.05, 0) is 184 Å². The monoisotopic (exact) mass is 1390 g/mol. The van der Waals surface area contributed by atoms with Crippen LogP contribution in [0.3, 0.4) is 0 Å². The van der Waals surface area contributed by atoms with Gasteiger partial charge in [-0.1, -0.05) is 231 Å². The van der Waals surface area contributed by atoms with Crippen LogP contribution in [0.15, 0.2) is 340 Å². The van der Waals surface area contributed by atoms with Gasteiger partial charge in [0, 0.05) is 101 Å². The molecule has 14 aromatic rings. The third-order valence-corrected chi connectivity index (χ3v) is 28.4. The van der Waals surface area contributed by atoms with Crippen molar-refractivity contribution >= 4 is 114 Å². The number of hydrogen-bond donors (Lipinski definition) is 0. The molecule has 6 heterocycles. The van der Waals surface area contributed by atoms with E-state index in [2.05, 4.69) is 322 Å². The second kappa shape index (κ2) is 25.2. The minimum absolute atomic E-state index is 0.139. The number of anilines is 12. The molecule has 1 unspecified atom stereocenters. The molecular formula is C94H80N6O2P2. The number of pyridine rings is 2. The van der Waals surface area contributed by atoms with E-state index in [1.165, 1.54) is 44.5 Å². The zero-order valence-electron chi connectivity index (χ0n) is 59.7. The molecule has 0 aliphatic carbocycles. The summed E-state index contributed by atoms with van der Waals surface area (Å²) in [4.78, 5) is 18.3. The number of fused-ring (bicyclic) bond motifs is 8. The zero-order chi connectivity index (χ0) is 71.3. The number of rotatable bonds is 10. The number of benzene rings is 12. The Morgan fingerprint density at radius 1 is 0.221 bits per heavy atom. The summed E-state index contributed by atoms with van der Waals surface area (Å²) in [6.45, 7) is 18.4. The van der Waals surface area contributed by atoms with E-state index in [1.54, 1.807) is 24.8 Å². The van der Waals surface area contributed by atoms with Crippen LogP contribution in [0, 0.1) is 0 Å². The number of hydrogen-bond acceptors (Lipinski definition) is 8. The molecule has 0 amide bonds. The Morgan fingerprint density at radius 2 is 0.442 bits per heavy atom. The highest BCUT2D eigenvalue weighted by Gasteiger charge is 2.43. The van der Waals surface area contributed by atoms with Crippen molar-refractivity contribution < 1.29 is 9.13 Å². The molecule has 8 nitrogen and oxygen atoms in total. The maximum Gasteiger partial charge on any atom is 0.172 e. The summed E-state index contributed by atoms with van der Waals surface area (Å²) in [5, 5.41) is 4.47. The fourth-order valence-corrected chi connectivity index (χ4v) is 22.2. The second-order valence-electron chi connectivity index (χ2n) is 29.7. The molecule has 0 N–H and O–H groups in total. The van der Waals surface area contributed by atoms with Crippen LogP contribution in [0.2, 0.25) is 0 Å². The van der Waals surface area contributed by atoms with Crippen molar-refractivity contribution in [1.82, 2.24) is 9.97 Å². The average Bonchev–Trinajstić information content (AvgIpc) is 0.729. The zero-order valence-corrected chi connectivity index (χ0v) is 61.5. The lowest BCUT2D eigenvalue weighted by Crippen LogP contribution is -2.33. The van der Waals surface area contributed by atoms with Crippen LogP contribution in [0.5, 0.6) is 0 Å². The van der Waals surface area contributed by atoms with Gasteiger partial charge in [-0.15, -0.1) is 0 Å². The van der Waals surface area contributed by atoms with Gasteiger partial charge in [-0.2, -0.15) is 0 Å². The molecule has 4 aliphatic heterocycles. The van der Waals surface area contributed by atoms with Crippen LogP contribution in [-0.4, -0.2) is 9.97 Å². The molecule has 104 heavy (non-hydrogen) atoms. The normalized spacial score (nSPS) is 15.7. The van der Waals surface area contributed by atoms with Crippen LogP contribution in [0.25, 0.3) is 0 Å². The van der Waals surface area contributed by atoms with Crippen LogP contribution < -0.4 is 51.4 Å². The summed E-state index contributed by atoms with van der Waals surface area (Å²) in [6, 6.07) is 110. The van der Waals surface area contributed by atoms with Gasteiger partial charge in [0.05, 0.1) is 45.5 Å². The Balaban J connectivity index is 0.000000154. The molecule has 0 fully saturated rings. The first-order valence-electron chi connectivity index (χ1n) is 35.8. The van der Waals surface area contributed by atoms with E-state index in [4.69, 9.17) is 0 Å². The highest BCUT2D eigenvalue weighted by molar-refractivity contribution is 7.85. The molecule has 0 bridgehead atoms. The summed E-state index contributed by atoms with van der Waals surface area (Å²) >= 11 is 0. The van der Waals surface area contributed by atoms with Gasteiger partial charge in [0.1, 0.15) is 0 Å². The Morgan fingerprint density at radius 3 is 0.702 bits per heavy atom. The van der Waals surface area contributed by atoms with Crippen LogP contribution in [0.1, 0.15) is 99.9 Å². The molecule has 0 saturated heterocycles.